The van der Waals surface area contributed by atoms with E-state index in [0.717, 1.165) is 3.58 Å². The second-order valence-electron chi connectivity index (χ2n) is 6.93. The van der Waals surface area contributed by atoms with Crippen LogP contribution in [0.4, 0.5) is 8.78 Å². The van der Waals surface area contributed by atoms with Crippen molar-refractivity contribution in [2.75, 3.05) is 0 Å². The number of alkyl halides is 2. The molecule has 136 valence electrons. The van der Waals surface area contributed by atoms with Gasteiger partial charge in [0.2, 0.25) is 0 Å². The van der Waals surface area contributed by atoms with E-state index in [-0.39, 0.29) is 5.56 Å². The van der Waals surface area contributed by atoms with Gasteiger partial charge in [0.15, 0.2) is 0 Å². The Hall–Kier alpha value is -0.191. The van der Waals surface area contributed by atoms with Gasteiger partial charge in [-0.2, -0.15) is 0 Å². The zero-order valence-electron chi connectivity index (χ0n) is 15.8. The van der Waals surface area contributed by atoms with Crippen LogP contribution in [0.5, 0.6) is 0 Å². The SMILES string of the molecule is CCCC[C](CCCC)(CCCC)[Sn][c]1cnc(C)cc1C(F)F. The molecule has 0 aliphatic rings. The van der Waals surface area contributed by atoms with Crippen molar-refractivity contribution in [2.45, 2.75) is 95.3 Å². The van der Waals surface area contributed by atoms with Gasteiger partial charge in [0.1, 0.15) is 0 Å². The number of hydrogen-bond donors (Lipinski definition) is 0. The second-order valence-corrected chi connectivity index (χ2v) is 12.2. The van der Waals surface area contributed by atoms with E-state index in [1.807, 2.05) is 0 Å². The van der Waals surface area contributed by atoms with Gasteiger partial charge in [0.25, 0.3) is 0 Å². The summed E-state index contributed by atoms with van der Waals surface area (Å²) >= 11 is -1.14. The van der Waals surface area contributed by atoms with Gasteiger partial charge in [0.05, 0.1) is 0 Å². The first-order chi connectivity index (χ1) is 11.5. The predicted octanol–water partition coefficient (Wildman–Crippen LogP) is 6.39. The predicted molar refractivity (Wildman–Crippen MR) is 101 cm³/mol. The minimum absolute atomic E-state index is 0.267. The maximum absolute atomic E-state index is 13.5. The maximum atomic E-state index is 13.5. The van der Waals surface area contributed by atoms with Gasteiger partial charge in [0, 0.05) is 0 Å². The van der Waals surface area contributed by atoms with Gasteiger partial charge in [-0.25, -0.2) is 0 Å². The van der Waals surface area contributed by atoms with Gasteiger partial charge < -0.3 is 0 Å². The number of aryl methyl sites for hydroxylation is 1. The van der Waals surface area contributed by atoms with Crippen molar-refractivity contribution in [1.29, 1.82) is 0 Å². The Morgan fingerprint density at radius 2 is 1.50 bits per heavy atom. The summed E-state index contributed by atoms with van der Waals surface area (Å²) in [4.78, 5) is 4.36. The van der Waals surface area contributed by atoms with Crippen LogP contribution in [0.1, 0.15) is 96.2 Å². The van der Waals surface area contributed by atoms with Crippen LogP contribution >= 0.6 is 0 Å². The number of nitrogens with zero attached hydrogens (tertiary/aromatic N) is 1. The Bertz CT molecular complexity index is 455. The number of halogens is 2. The standard InChI is InChI=1S/C13H27.C7H6F2N.Sn/c1-4-7-10-13(11-8-5-2)12-9-6-3;1-5-4-6(7(8)9)2-3-10-5;/h4-12H2,1-3H3;3-4,7H,1H3;. The van der Waals surface area contributed by atoms with Crippen molar-refractivity contribution < 1.29 is 8.78 Å². The number of hydrogen-bond acceptors (Lipinski definition) is 1. The van der Waals surface area contributed by atoms with E-state index in [1.54, 1.807) is 19.2 Å². The summed E-state index contributed by atoms with van der Waals surface area (Å²) in [7, 11) is 0. The van der Waals surface area contributed by atoms with E-state index in [1.165, 1.54) is 57.8 Å². The Labute approximate surface area is 157 Å². The van der Waals surface area contributed by atoms with Crippen LogP contribution in [0, 0.1) is 6.92 Å². The second kappa shape index (κ2) is 11.4. The molecule has 0 amide bonds. The summed E-state index contributed by atoms with van der Waals surface area (Å²) in [6.45, 7) is 8.49. The van der Waals surface area contributed by atoms with Crippen molar-refractivity contribution in [2.24, 2.45) is 0 Å². The quantitative estimate of drug-likeness (QED) is 0.341. The molecular formula is C20H33F2NSn. The molecule has 1 aromatic heterocycles. The number of unbranched alkanes of at least 4 members (excludes halogenated alkanes) is 3. The molecule has 1 rings (SSSR count). The summed E-state index contributed by atoms with van der Waals surface area (Å²) in [6.07, 6.45) is 10.3. The van der Waals surface area contributed by atoms with Crippen LogP contribution in [-0.4, -0.2) is 26.1 Å². The van der Waals surface area contributed by atoms with E-state index in [4.69, 9.17) is 0 Å². The molecule has 0 saturated carbocycles. The van der Waals surface area contributed by atoms with E-state index >= 15 is 0 Å². The van der Waals surface area contributed by atoms with Gasteiger partial charge >= 0.3 is 157 Å². The summed E-state index contributed by atoms with van der Waals surface area (Å²) in [6, 6.07) is 1.62. The van der Waals surface area contributed by atoms with Crippen molar-refractivity contribution >= 4 is 24.7 Å². The number of pyridine rings is 1. The molecule has 1 nitrogen and oxygen atoms in total. The van der Waals surface area contributed by atoms with Crippen molar-refractivity contribution in [3.8, 4) is 0 Å². The first-order valence-corrected chi connectivity index (χ1v) is 12.4. The topological polar surface area (TPSA) is 12.9 Å². The molecule has 24 heavy (non-hydrogen) atoms. The molecule has 0 fully saturated rings. The van der Waals surface area contributed by atoms with E-state index < -0.39 is 27.6 Å². The Morgan fingerprint density at radius 3 is 1.92 bits per heavy atom. The Morgan fingerprint density at radius 1 is 1.00 bits per heavy atom. The normalized spacial score (nSPS) is 12.1. The van der Waals surface area contributed by atoms with Gasteiger partial charge in [-0.05, 0) is 0 Å². The summed E-state index contributed by atoms with van der Waals surface area (Å²) in [5.74, 6) is 0. The molecule has 0 aliphatic heterocycles. The first-order valence-electron chi connectivity index (χ1n) is 9.50. The van der Waals surface area contributed by atoms with Crippen LogP contribution in [0.2, 0.25) is 3.43 Å². The molecule has 0 bridgehead atoms. The van der Waals surface area contributed by atoms with Crippen LogP contribution in [0.3, 0.4) is 0 Å². The molecule has 1 aromatic rings. The fourth-order valence-corrected chi connectivity index (χ4v) is 8.77. The Balaban J connectivity index is 3.12. The third kappa shape index (κ3) is 6.97. The molecule has 4 heteroatoms. The van der Waals surface area contributed by atoms with Crippen LogP contribution < -0.4 is 3.58 Å². The number of rotatable bonds is 12. The minimum atomic E-state index is -2.37. The van der Waals surface area contributed by atoms with Gasteiger partial charge in [-0.3, -0.25) is 0 Å². The summed E-state index contributed by atoms with van der Waals surface area (Å²) in [5, 5.41) is 0. The average Bonchev–Trinajstić information content (AvgIpc) is 2.57. The van der Waals surface area contributed by atoms with Crippen LogP contribution in [-0.2, 0) is 0 Å². The van der Waals surface area contributed by atoms with Gasteiger partial charge in [-0.1, -0.05) is 0 Å². The van der Waals surface area contributed by atoms with Crippen LogP contribution in [0.15, 0.2) is 12.3 Å². The zero-order valence-corrected chi connectivity index (χ0v) is 18.7. The van der Waals surface area contributed by atoms with Crippen molar-refractivity contribution in [1.82, 2.24) is 4.98 Å². The third-order valence-electron chi connectivity index (χ3n) is 4.73. The molecular weight excluding hydrogens is 411 g/mol. The summed E-state index contributed by atoms with van der Waals surface area (Å²) in [5.41, 5.74) is 0.970. The number of aromatic nitrogens is 1. The van der Waals surface area contributed by atoms with Crippen molar-refractivity contribution in [3.05, 3.63) is 23.5 Å². The van der Waals surface area contributed by atoms with E-state index in [9.17, 15) is 8.78 Å². The molecule has 0 aromatic carbocycles. The third-order valence-corrected chi connectivity index (χ3v) is 10.3. The van der Waals surface area contributed by atoms with Crippen molar-refractivity contribution in [3.63, 3.8) is 0 Å². The zero-order chi connectivity index (χ0) is 18.0. The average molecular weight is 444 g/mol. The van der Waals surface area contributed by atoms with Gasteiger partial charge in [-0.15, -0.1) is 0 Å². The monoisotopic (exact) mass is 445 g/mol. The fraction of sp³-hybridized carbons (Fsp3) is 0.750. The van der Waals surface area contributed by atoms with E-state index in [0.29, 0.717) is 9.12 Å². The van der Waals surface area contributed by atoms with E-state index in [2.05, 4.69) is 25.8 Å². The Kier molecular flexibility index (Phi) is 10.4. The molecule has 0 atom stereocenters. The fourth-order valence-electron chi connectivity index (χ4n) is 3.26. The summed E-state index contributed by atoms with van der Waals surface area (Å²) < 4.78 is 28.3. The first kappa shape index (κ1) is 21.9. The molecule has 0 unspecified atom stereocenters. The van der Waals surface area contributed by atoms with Crippen LogP contribution in [0.25, 0.3) is 0 Å². The molecule has 0 spiro atoms. The molecule has 1 heterocycles. The molecule has 0 saturated heterocycles. The molecule has 0 N–H and O–H groups in total. The molecule has 2 radical (unpaired) electrons. The molecule has 0 aliphatic carbocycles.